The van der Waals surface area contributed by atoms with Gasteiger partial charge in [0.25, 0.3) is 0 Å². The lowest BCUT2D eigenvalue weighted by molar-refractivity contribution is 0.198. The summed E-state index contributed by atoms with van der Waals surface area (Å²) in [5.74, 6) is 0.801. The summed E-state index contributed by atoms with van der Waals surface area (Å²) in [7, 11) is 0. The van der Waals surface area contributed by atoms with Gasteiger partial charge in [-0.2, -0.15) is 0 Å². The smallest absolute Gasteiger partial charge is 0.119 e. The Bertz CT molecular complexity index is 329. The van der Waals surface area contributed by atoms with E-state index < -0.39 is 6.10 Å². The molecule has 0 aliphatic heterocycles. The van der Waals surface area contributed by atoms with Gasteiger partial charge in [0, 0.05) is 6.42 Å². The van der Waals surface area contributed by atoms with Crippen LogP contribution in [0.2, 0.25) is 0 Å². The van der Waals surface area contributed by atoms with E-state index in [1.54, 1.807) is 6.92 Å². The molecular weight excluding hydrogens is 188 g/mol. The summed E-state index contributed by atoms with van der Waals surface area (Å²) in [6.45, 7) is 8.17. The van der Waals surface area contributed by atoms with Crippen LogP contribution in [0.5, 0.6) is 5.75 Å². The van der Waals surface area contributed by atoms with Gasteiger partial charge in [-0.25, -0.2) is 0 Å². The van der Waals surface area contributed by atoms with Crippen molar-refractivity contribution in [2.24, 2.45) is 0 Å². The highest BCUT2D eigenvalue weighted by Crippen LogP contribution is 2.19. The van der Waals surface area contributed by atoms with Crippen molar-refractivity contribution in [2.45, 2.75) is 26.4 Å². The molecule has 82 valence electrons. The third-order valence-corrected chi connectivity index (χ3v) is 2.14. The van der Waals surface area contributed by atoms with Gasteiger partial charge in [0.1, 0.15) is 5.75 Å². The fourth-order valence-electron chi connectivity index (χ4n) is 1.21. The molecule has 1 aromatic rings. The zero-order valence-corrected chi connectivity index (χ0v) is 9.36. The number of hydrogen-bond acceptors (Lipinski definition) is 2. The molecule has 1 rings (SSSR count). The Morgan fingerprint density at radius 1 is 1.53 bits per heavy atom. The summed E-state index contributed by atoms with van der Waals surface area (Å²) in [5, 5.41) is 9.39. The van der Waals surface area contributed by atoms with Crippen molar-refractivity contribution in [1.82, 2.24) is 0 Å². The van der Waals surface area contributed by atoms with Gasteiger partial charge < -0.3 is 9.84 Å². The molecule has 2 heteroatoms. The Balaban J connectivity index is 2.54. The van der Waals surface area contributed by atoms with Gasteiger partial charge in [-0.05, 0) is 31.5 Å². The number of hydrogen-bond donors (Lipinski definition) is 1. The predicted octanol–water partition coefficient (Wildman–Crippen LogP) is 3.08. The van der Waals surface area contributed by atoms with E-state index in [4.69, 9.17) is 4.74 Å². The van der Waals surface area contributed by atoms with Crippen molar-refractivity contribution < 1.29 is 9.84 Å². The lowest BCUT2D eigenvalue weighted by atomic mass is 10.1. The SMILES string of the molecule is C=C(C)CCOc1cccc([C@@H](C)O)c1. The zero-order chi connectivity index (χ0) is 11.3. The first-order valence-corrected chi connectivity index (χ1v) is 5.15. The van der Waals surface area contributed by atoms with Gasteiger partial charge in [-0.3, -0.25) is 0 Å². The molecule has 0 amide bonds. The molecular formula is C13H18O2. The maximum absolute atomic E-state index is 9.39. The first kappa shape index (κ1) is 11.8. The van der Waals surface area contributed by atoms with Crippen molar-refractivity contribution in [2.75, 3.05) is 6.61 Å². The summed E-state index contributed by atoms with van der Waals surface area (Å²) in [5.41, 5.74) is 1.99. The van der Waals surface area contributed by atoms with Crippen LogP contribution in [0.3, 0.4) is 0 Å². The Hall–Kier alpha value is -1.28. The summed E-state index contributed by atoms with van der Waals surface area (Å²) in [6.07, 6.45) is 0.411. The van der Waals surface area contributed by atoms with Crippen LogP contribution in [0.4, 0.5) is 0 Å². The molecule has 0 fully saturated rings. The Kier molecular flexibility index (Phi) is 4.37. The van der Waals surface area contributed by atoms with E-state index >= 15 is 0 Å². The van der Waals surface area contributed by atoms with Crippen molar-refractivity contribution in [1.29, 1.82) is 0 Å². The molecule has 1 atom stereocenters. The fraction of sp³-hybridized carbons (Fsp3) is 0.385. The van der Waals surface area contributed by atoms with Crippen LogP contribution in [-0.2, 0) is 0 Å². The van der Waals surface area contributed by atoms with Crippen LogP contribution < -0.4 is 4.74 Å². The van der Waals surface area contributed by atoms with E-state index in [-0.39, 0.29) is 0 Å². The van der Waals surface area contributed by atoms with Gasteiger partial charge in [0.15, 0.2) is 0 Å². The summed E-state index contributed by atoms with van der Waals surface area (Å²) >= 11 is 0. The Morgan fingerprint density at radius 2 is 2.27 bits per heavy atom. The molecule has 0 spiro atoms. The molecule has 0 aromatic heterocycles. The number of aliphatic hydroxyl groups excluding tert-OH is 1. The minimum atomic E-state index is -0.449. The highest BCUT2D eigenvalue weighted by Gasteiger charge is 2.01. The number of rotatable bonds is 5. The molecule has 0 aliphatic rings. The fourth-order valence-corrected chi connectivity index (χ4v) is 1.21. The van der Waals surface area contributed by atoms with Crippen LogP contribution in [-0.4, -0.2) is 11.7 Å². The number of ether oxygens (including phenoxy) is 1. The molecule has 0 unspecified atom stereocenters. The van der Waals surface area contributed by atoms with Crippen molar-refractivity contribution in [3.63, 3.8) is 0 Å². The summed E-state index contributed by atoms with van der Waals surface area (Å²) in [4.78, 5) is 0. The summed E-state index contributed by atoms with van der Waals surface area (Å²) in [6, 6.07) is 7.53. The van der Waals surface area contributed by atoms with E-state index in [1.807, 2.05) is 31.2 Å². The Labute approximate surface area is 91.2 Å². The van der Waals surface area contributed by atoms with Gasteiger partial charge in [-0.15, -0.1) is 6.58 Å². The molecule has 0 bridgehead atoms. The first-order valence-electron chi connectivity index (χ1n) is 5.15. The van der Waals surface area contributed by atoms with Gasteiger partial charge in [-0.1, -0.05) is 17.7 Å². The van der Waals surface area contributed by atoms with Crippen LogP contribution in [0, 0.1) is 0 Å². The third-order valence-electron chi connectivity index (χ3n) is 2.14. The molecule has 0 radical (unpaired) electrons. The van der Waals surface area contributed by atoms with Crippen molar-refractivity contribution in [3.8, 4) is 5.75 Å². The van der Waals surface area contributed by atoms with E-state index in [0.29, 0.717) is 6.61 Å². The van der Waals surface area contributed by atoms with Crippen LogP contribution in [0.15, 0.2) is 36.4 Å². The molecule has 0 saturated heterocycles. The third kappa shape index (κ3) is 4.17. The van der Waals surface area contributed by atoms with Gasteiger partial charge in [0.05, 0.1) is 12.7 Å². The number of aliphatic hydroxyl groups is 1. The van der Waals surface area contributed by atoms with Gasteiger partial charge >= 0.3 is 0 Å². The molecule has 2 nitrogen and oxygen atoms in total. The van der Waals surface area contributed by atoms with E-state index in [0.717, 1.165) is 23.3 Å². The molecule has 0 aliphatic carbocycles. The minimum Gasteiger partial charge on any atom is -0.493 e. The quantitative estimate of drug-likeness (QED) is 0.750. The second kappa shape index (κ2) is 5.56. The average molecular weight is 206 g/mol. The average Bonchev–Trinajstić information content (AvgIpc) is 2.17. The molecule has 15 heavy (non-hydrogen) atoms. The summed E-state index contributed by atoms with van der Waals surface area (Å²) < 4.78 is 5.54. The number of benzene rings is 1. The highest BCUT2D eigenvalue weighted by molar-refractivity contribution is 5.29. The largest absolute Gasteiger partial charge is 0.493 e. The van der Waals surface area contributed by atoms with E-state index in [1.165, 1.54) is 0 Å². The predicted molar refractivity (Wildman–Crippen MR) is 62.0 cm³/mol. The van der Waals surface area contributed by atoms with Crippen LogP contribution in [0.1, 0.15) is 31.9 Å². The van der Waals surface area contributed by atoms with E-state index in [9.17, 15) is 5.11 Å². The standard InChI is InChI=1S/C13H18O2/c1-10(2)7-8-15-13-6-4-5-12(9-13)11(3)14/h4-6,9,11,14H,1,7-8H2,2-3H3/t11-/m1/s1. The highest BCUT2D eigenvalue weighted by atomic mass is 16.5. The van der Waals surface area contributed by atoms with Crippen LogP contribution >= 0.6 is 0 Å². The maximum atomic E-state index is 9.39. The lowest BCUT2D eigenvalue weighted by Crippen LogP contribution is -1.98. The Morgan fingerprint density at radius 3 is 2.87 bits per heavy atom. The van der Waals surface area contributed by atoms with Gasteiger partial charge in [0.2, 0.25) is 0 Å². The first-order chi connectivity index (χ1) is 7.09. The second-order valence-corrected chi connectivity index (χ2v) is 3.80. The second-order valence-electron chi connectivity index (χ2n) is 3.80. The monoisotopic (exact) mass is 206 g/mol. The lowest BCUT2D eigenvalue weighted by Gasteiger charge is -2.09. The molecule has 0 saturated carbocycles. The van der Waals surface area contributed by atoms with Crippen molar-refractivity contribution >= 4 is 0 Å². The zero-order valence-electron chi connectivity index (χ0n) is 9.36. The van der Waals surface area contributed by atoms with E-state index in [2.05, 4.69) is 6.58 Å². The maximum Gasteiger partial charge on any atom is 0.119 e. The minimum absolute atomic E-state index is 0.449. The molecule has 1 N–H and O–H groups in total. The molecule has 0 heterocycles. The normalized spacial score (nSPS) is 12.2. The topological polar surface area (TPSA) is 29.5 Å². The van der Waals surface area contributed by atoms with Crippen molar-refractivity contribution in [3.05, 3.63) is 42.0 Å². The van der Waals surface area contributed by atoms with Crippen LogP contribution in [0.25, 0.3) is 0 Å². The molecule has 1 aromatic carbocycles.